The van der Waals surface area contributed by atoms with E-state index in [0.717, 1.165) is 10.4 Å². The number of nitrogens with zero attached hydrogens (tertiary/aromatic N) is 3. The van der Waals surface area contributed by atoms with E-state index in [1.807, 2.05) is 30.5 Å². The molecule has 0 aliphatic carbocycles. The second-order valence-corrected chi connectivity index (χ2v) is 8.72. The Labute approximate surface area is 156 Å². The fraction of sp³-hybridized carbons (Fsp3) is 0.294. The SMILES string of the molecule is Cc1ccc(C)c(S(=O)(=O)NCCn2nc(-c3cccs3)n(C)c2=O)c1. The Morgan fingerprint density at radius 2 is 2.00 bits per heavy atom. The average molecular weight is 393 g/mol. The van der Waals surface area contributed by atoms with E-state index < -0.39 is 10.0 Å². The number of nitrogens with one attached hydrogen (secondary N) is 1. The highest BCUT2D eigenvalue weighted by molar-refractivity contribution is 7.89. The minimum atomic E-state index is -3.64. The maximum Gasteiger partial charge on any atom is 0.345 e. The van der Waals surface area contributed by atoms with Gasteiger partial charge in [0.15, 0.2) is 5.82 Å². The van der Waals surface area contributed by atoms with Gasteiger partial charge in [-0.3, -0.25) is 4.57 Å². The molecule has 7 nitrogen and oxygen atoms in total. The molecule has 2 aromatic heterocycles. The zero-order chi connectivity index (χ0) is 18.9. The molecular formula is C17H20N4O3S2. The van der Waals surface area contributed by atoms with Crippen molar-refractivity contribution in [2.75, 3.05) is 6.54 Å². The van der Waals surface area contributed by atoms with E-state index in [1.165, 1.54) is 20.6 Å². The van der Waals surface area contributed by atoms with E-state index in [9.17, 15) is 13.2 Å². The molecule has 0 radical (unpaired) electrons. The van der Waals surface area contributed by atoms with Crippen LogP contribution >= 0.6 is 11.3 Å². The van der Waals surface area contributed by atoms with Crippen molar-refractivity contribution in [1.29, 1.82) is 0 Å². The Bertz CT molecular complexity index is 1080. The van der Waals surface area contributed by atoms with E-state index in [2.05, 4.69) is 9.82 Å². The number of aryl methyl sites for hydroxylation is 2. The van der Waals surface area contributed by atoms with E-state index in [-0.39, 0.29) is 23.7 Å². The molecule has 0 aliphatic rings. The van der Waals surface area contributed by atoms with Gasteiger partial charge in [-0.2, -0.15) is 0 Å². The Kier molecular flexibility index (Phi) is 5.12. The maximum atomic E-state index is 12.5. The molecule has 1 N–H and O–H groups in total. The lowest BCUT2D eigenvalue weighted by atomic mass is 10.2. The normalized spacial score (nSPS) is 11.8. The number of hydrogen-bond donors (Lipinski definition) is 1. The summed E-state index contributed by atoms with van der Waals surface area (Å²) in [4.78, 5) is 13.4. The molecule has 0 spiro atoms. The Morgan fingerprint density at radius 1 is 1.23 bits per heavy atom. The van der Waals surface area contributed by atoms with Gasteiger partial charge in [0.05, 0.1) is 16.3 Å². The van der Waals surface area contributed by atoms with Crippen LogP contribution < -0.4 is 10.4 Å². The van der Waals surface area contributed by atoms with Crippen molar-refractivity contribution < 1.29 is 8.42 Å². The lowest BCUT2D eigenvalue weighted by molar-refractivity contribution is 0.550. The van der Waals surface area contributed by atoms with E-state index in [4.69, 9.17) is 0 Å². The minimum absolute atomic E-state index is 0.0799. The van der Waals surface area contributed by atoms with Gasteiger partial charge in [0.25, 0.3) is 0 Å². The van der Waals surface area contributed by atoms with Gasteiger partial charge >= 0.3 is 5.69 Å². The molecule has 0 saturated heterocycles. The Morgan fingerprint density at radius 3 is 2.69 bits per heavy atom. The monoisotopic (exact) mass is 392 g/mol. The van der Waals surface area contributed by atoms with Crippen molar-refractivity contribution in [3.05, 3.63) is 57.3 Å². The molecule has 2 heterocycles. The van der Waals surface area contributed by atoms with Crippen LogP contribution in [-0.2, 0) is 23.6 Å². The Balaban J connectivity index is 1.75. The summed E-state index contributed by atoms with van der Waals surface area (Å²) in [5.74, 6) is 0.572. The summed E-state index contributed by atoms with van der Waals surface area (Å²) in [6, 6.07) is 9.07. The fourth-order valence-electron chi connectivity index (χ4n) is 2.61. The van der Waals surface area contributed by atoms with Crippen LogP contribution in [0.2, 0.25) is 0 Å². The molecule has 0 fully saturated rings. The zero-order valence-electron chi connectivity index (χ0n) is 14.8. The highest BCUT2D eigenvalue weighted by Crippen LogP contribution is 2.20. The number of thiophene rings is 1. The van der Waals surface area contributed by atoms with E-state index in [0.29, 0.717) is 11.4 Å². The second-order valence-electron chi connectivity index (χ2n) is 6.03. The molecule has 0 saturated carbocycles. The fourth-order valence-corrected chi connectivity index (χ4v) is 4.71. The third-order valence-corrected chi connectivity index (χ3v) is 6.50. The topological polar surface area (TPSA) is 86.0 Å². The molecule has 0 atom stereocenters. The smallest absolute Gasteiger partial charge is 0.277 e. The molecule has 1 aromatic carbocycles. The molecule has 0 aliphatic heterocycles. The van der Waals surface area contributed by atoms with Gasteiger partial charge in [0.1, 0.15) is 0 Å². The molecule has 26 heavy (non-hydrogen) atoms. The number of aromatic nitrogens is 3. The molecule has 3 aromatic rings. The number of rotatable bonds is 6. The predicted molar refractivity (Wildman–Crippen MR) is 102 cm³/mol. The van der Waals surface area contributed by atoms with Crippen LogP contribution in [0.4, 0.5) is 0 Å². The van der Waals surface area contributed by atoms with Crippen LogP contribution in [0.15, 0.2) is 45.4 Å². The van der Waals surface area contributed by atoms with Gasteiger partial charge in [-0.25, -0.2) is 22.6 Å². The van der Waals surface area contributed by atoms with Crippen LogP contribution in [0, 0.1) is 13.8 Å². The van der Waals surface area contributed by atoms with E-state index >= 15 is 0 Å². The molecule has 9 heteroatoms. The van der Waals surface area contributed by atoms with Crippen LogP contribution in [0.3, 0.4) is 0 Å². The summed E-state index contributed by atoms with van der Waals surface area (Å²) in [5.41, 5.74) is 1.27. The molecule has 0 unspecified atom stereocenters. The van der Waals surface area contributed by atoms with Crippen LogP contribution in [0.5, 0.6) is 0 Å². The molecule has 3 rings (SSSR count). The van der Waals surface area contributed by atoms with Gasteiger partial charge < -0.3 is 0 Å². The van der Waals surface area contributed by atoms with Crippen molar-refractivity contribution in [2.45, 2.75) is 25.3 Å². The summed E-state index contributed by atoms with van der Waals surface area (Å²) >= 11 is 1.49. The summed E-state index contributed by atoms with van der Waals surface area (Å²) < 4.78 is 30.3. The summed E-state index contributed by atoms with van der Waals surface area (Å²) in [6.07, 6.45) is 0. The summed E-state index contributed by atoms with van der Waals surface area (Å²) in [6.45, 7) is 3.83. The zero-order valence-corrected chi connectivity index (χ0v) is 16.4. The van der Waals surface area contributed by atoms with Crippen LogP contribution in [0.25, 0.3) is 10.7 Å². The summed E-state index contributed by atoms with van der Waals surface area (Å²) in [7, 11) is -1.99. The number of sulfonamides is 1. The molecule has 138 valence electrons. The molecule has 0 amide bonds. The van der Waals surface area contributed by atoms with Gasteiger partial charge in [0, 0.05) is 13.6 Å². The minimum Gasteiger partial charge on any atom is -0.277 e. The van der Waals surface area contributed by atoms with Gasteiger partial charge in [-0.15, -0.1) is 16.4 Å². The van der Waals surface area contributed by atoms with Crippen LogP contribution in [-0.4, -0.2) is 29.3 Å². The first-order valence-corrected chi connectivity index (χ1v) is 10.4. The second kappa shape index (κ2) is 7.18. The highest BCUT2D eigenvalue weighted by atomic mass is 32.2. The number of hydrogen-bond acceptors (Lipinski definition) is 5. The van der Waals surface area contributed by atoms with Gasteiger partial charge in [0.2, 0.25) is 10.0 Å². The standard InChI is InChI=1S/C17H20N4O3S2/c1-12-6-7-13(2)15(11-12)26(23,24)18-8-9-21-17(22)20(3)16(19-21)14-5-4-10-25-14/h4-7,10-11,18H,8-9H2,1-3H3. The lowest BCUT2D eigenvalue weighted by Gasteiger charge is -2.10. The number of benzene rings is 1. The van der Waals surface area contributed by atoms with Crippen molar-refractivity contribution in [1.82, 2.24) is 19.1 Å². The average Bonchev–Trinajstić information content (AvgIpc) is 3.21. The van der Waals surface area contributed by atoms with E-state index in [1.54, 1.807) is 26.1 Å². The van der Waals surface area contributed by atoms with Crippen LogP contribution in [0.1, 0.15) is 11.1 Å². The first-order chi connectivity index (χ1) is 12.3. The molecular weight excluding hydrogens is 372 g/mol. The third kappa shape index (κ3) is 3.64. The van der Waals surface area contributed by atoms with Crippen molar-refractivity contribution >= 4 is 21.4 Å². The lowest BCUT2D eigenvalue weighted by Crippen LogP contribution is -2.32. The van der Waals surface area contributed by atoms with Crippen molar-refractivity contribution in [2.24, 2.45) is 7.05 Å². The third-order valence-electron chi connectivity index (χ3n) is 4.03. The van der Waals surface area contributed by atoms with Gasteiger partial charge in [-0.1, -0.05) is 18.2 Å². The maximum absolute atomic E-state index is 12.5. The van der Waals surface area contributed by atoms with Crippen molar-refractivity contribution in [3.8, 4) is 10.7 Å². The molecule has 0 bridgehead atoms. The quantitative estimate of drug-likeness (QED) is 0.694. The summed E-state index contributed by atoms with van der Waals surface area (Å²) in [5, 5.41) is 6.23. The predicted octanol–water partition coefficient (Wildman–Crippen LogP) is 1.91. The highest BCUT2D eigenvalue weighted by Gasteiger charge is 2.18. The first-order valence-electron chi connectivity index (χ1n) is 8.04. The Hall–Kier alpha value is -2.23. The van der Waals surface area contributed by atoms with Gasteiger partial charge in [-0.05, 0) is 42.5 Å². The van der Waals surface area contributed by atoms with Crippen molar-refractivity contribution in [3.63, 3.8) is 0 Å². The largest absolute Gasteiger partial charge is 0.345 e. The first kappa shape index (κ1) is 18.6.